The first kappa shape index (κ1) is 35.9. The van der Waals surface area contributed by atoms with Crippen LogP contribution in [0.3, 0.4) is 0 Å². The van der Waals surface area contributed by atoms with E-state index in [1.165, 1.54) is 123 Å². The molecule has 0 spiro atoms. The molecule has 0 aliphatic carbocycles. The molecule has 6 heteroatoms. The Morgan fingerprint density at radius 1 is 0.488 bits per heavy atom. The van der Waals surface area contributed by atoms with Crippen LogP contribution in [0.1, 0.15) is 141 Å². The smallest absolute Gasteiger partial charge is 0.338 e. The third-order valence-corrected chi connectivity index (χ3v) is 6.98. The van der Waals surface area contributed by atoms with Crippen LogP contribution in [0.25, 0.3) is 0 Å². The normalized spacial score (nSPS) is 10.3. The molecule has 0 unspecified atom stereocenters. The third kappa shape index (κ3) is 17.3. The summed E-state index contributed by atoms with van der Waals surface area (Å²) in [7, 11) is 2.52. The third-order valence-electron chi connectivity index (χ3n) is 6.98. The van der Waals surface area contributed by atoms with Gasteiger partial charge in [0.25, 0.3) is 0 Å². The van der Waals surface area contributed by atoms with Crippen LogP contribution in [0.4, 0.5) is 0 Å². The van der Waals surface area contributed by atoms with Gasteiger partial charge in [0.15, 0.2) is 0 Å². The molecular formula is C35H52O6. The lowest BCUT2D eigenvalue weighted by Gasteiger charge is -2.05. The zero-order valence-corrected chi connectivity index (χ0v) is 25.7. The van der Waals surface area contributed by atoms with E-state index in [1.54, 1.807) is 24.3 Å². The second kappa shape index (κ2) is 24.6. The molecule has 2 aromatic carbocycles. The van der Waals surface area contributed by atoms with E-state index in [1.807, 2.05) is 18.2 Å². The van der Waals surface area contributed by atoms with Crippen molar-refractivity contribution in [1.82, 2.24) is 0 Å². The highest BCUT2D eigenvalue weighted by Crippen LogP contribution is 2.14. The molecule has 41 heavy (non-hydrogen) atoms. The summed E-state index contributed by atoms with van der Waals surface area (Å²) in [5.74, 6) is -1.30. The Bertz CT molecular complexity index is 921. The Morgan fingerprint density at radius 3 is 1.24 bits per heavy atom. The number of benzene rings is 2. The van der Waals surface area contributed by atoms with E-state index < -0.39 is 11.9 Å². The molecule has 0 amide bonds. The molecule has 0 aromatic heterocycles. The van der Waals surface area contributed by atoms with Gasteiger partial charge >= 0.3 is 17.9 Å². The molecule has 0 aliphatic heterocycles. The number of methoxy groups -OCH3 is 2. The molecule has 0 radical (unpaired) electrons. The molecule has 0 heterocycles. The first-order valence-electron chi connectivity index (χ1n) is 15.5. The number of esters is 3. The van der Waals surface area contributed by atoms with Crippen molar-refractivity contribution in [2.75, 3.05) is 20.8 Å². The fraction of sp³-hybridized carbons (Fsp3) is 0.571. The Labute approximate surface area is 248 Å². The number of hydrogen-bond acceptors (Lipinski definition) is 6. The van der Waals surface area contributed by atoms with E-state index >= 15 is 0 Å². The van der Waals surface area contributed by atoms with Crippen molar-refractivity contribution in [2.24, 2.45) is 0 Å². The average Bonchev–Trinajstić information content (AvgIpc) is 3.02. The van der Waals surface area contributed by atoms with Crippen molar-refractivity contribution in [3.63, 3.8) is 0 Å². The zero-order chi connectivity index (χ0) is 30.0. The quantitative estimate of drug-likeness (QED) is 0.0899. The second-order valence-electron chi connectivity index (χ2n) is 10.3. The standard InChI is InChI=1S/C25H42O2.C10H10O4/c1-2-3-4-5-6-7-8-9-10-11-12-13-14-15-16-20-23-27-25(26)24-21-18-17-19-22-24;1-13-9(11)7-5-3-4-6-8(7)10(12)14-2/h17-19,21-22H,2-16,20,23H2,1H3;3-6H,1-2H3. The highest BCUT2D eigenvalue weighted by molar-refractivity contribution is 6.03. The molecule has 0 N–H and O–H groups in total. The van der Waals surface area contributed by atoms with Crippen LogP contribution in [-0.2, 0) is 14.2 Å². The summed E-state index contributed by atoms with van der Waals surface area (Å²) in [6.07, 6.45) is 21.7. The molecule has 0 saturated heterocycles. The van der Waals surface area contributed by atoms with E-state index in [9.17, 15) is 14.4 Å². The fourth-order valence-electron chi connectivity index (χ4n) is 4.53. The van der Waals surface area contributed by atoms with Gasteiger partial charge in [-0.1, -0.05) is 134 Å². The van der Waals surface area contributed by atoms with Gasteiger partial charge in [-0.2, -0.15) is 0 Å². The predicted molar refractivity (Wildman–Crippen MR) is 165 cm³/mol. The summed E-state index contributed by atoms with van der Waals surface area (Å²) < 4.78 is 14.4. The van der Waals surface area contributed by atoms with Gasteiger partial charge in [-0.15, -0.1) is 0 Å². The molecule has 2 rings (SSSR count). The zero-order valence-electron chi connectivity index (χ0n) is 25.7. The Kier molecular flexibility index (Phi) is 21.6. The molecule has 0 fully saturated rings. The van der Waals surface area contributed by atoms with E-state index in [2.05, 4.69) is 16.4 Å². The molecule has 2 aromatic rings. The summed E-state index contributed by atoms with van der Waals surface area (Å²) in [6, 6.07) is 15.6. The molecule has 0 atom stereocenters. The van der Waals surface area contributed by atoms with Crippen molar-refractivity contribution in [3.8, 4) is 0 Å². The molecule has 6 nitrogen and oxygen atoms in total. The van der Waals surface area contributed by atoms with Crippen LogP contribution in [0.15, 0.2) is 54.6 Å². The molecule has 228 valence electrons. The summed E-state index contributed by atoms with van der Waals surface area (Å²) >= 11 is 0. The van der Waals surface area contributed by atoms with Gasteiger partial charge in [-0.25, -0.2) is 14.4 Å². The van der Waals surface area contributed by atoms with Crippen LogP contribution in [0.2, 0.25) is 0 Å². The molecule has 0 bridgehead atoms. The number of carbonyl (C=O) groups excluding carboxylic acids is 3. The van der Waals surface area contributed by atoms with Gasteiger partial charge in [0.1, 0.15) is 0 Å². The monoisotopic (exact) mass is 568 g/mol. The van der Waals surface area contributed by atoms with E-state index in [0.717, 1.165) is 6.42 Å². The fourth-order valence-corrected chi connectivity index (χ4v) is 4.53. The Balaban J connectivity index is 0.000000502. The van der Waals surface area contributed by atoms with E-state index in [4.69, 9.17) is 4.74 Å². The first-order chi connectivity index (χ1) is 20.0. The Morgan fingerprint density at radius 2 is 0.854 bits per heavy atom. The average molecular weight is 569 g/mol. The number of hydrogen-bond donors (Lipinski definition) is 0. The predicted octanol–water partition coefficient (Wildman–Crippen LogP) is 9.36. The summed E-state index contributed by atoms with van der Waals surface area (Å²) in [6.45, 7) is 2.83. The second-order valence-corrected chi connectivity index (χ2v) is 10.3. The van der Waals surface area contributed by atoms with Crippen molar-refractivity contribution in [1.29, 1.82) is 0 Å². The van der Waals surface area contributed by atoms with E-state index in [0.29, 0.717) is 12.2 Å². The van der Waals surface area contributed by atoms with Crippen LogP contribution in [0, 0.1) is 0 Å². The SMILES string of the molecule is CCCCCCCCCCCCCCCCCCOC(=O)c1ccccc1.COC(=O)c1ccccc1C(=O)OC. The van der Waals surface area contributed by atoms with Gasteiger partial charge in [-0.05, 0) is 30.7 Å². The number of unbranched alkanes of at least 4 members (excludes halogenated alkanes) is 15. The summed E-state index contributed by atoms with van der Waals surface area (Å²) in [4.78, 5) is 34.2. The molecule has 0 aliphatic rings. The minimum atomic E-state index is -0.550. The first-order valence-corrected chi connectivity index (χ1v) is 15.5. The maximum Gasteiger partial charge on any atom is 0.338 e. The van der Waals surface area contributed by atoms with Gasteiger partial charge in [0.2, 0.25) is 0 Å². The Hall–Kier alpha value is -3.15. The van der Waals surface area contributed by atoms with E-state index in [-0.39, 0.29) is 17.1 Å². The number of carbonyl (C=O) groups is 3. The maximum atomic E-state index is 11.8. The highest BCUT2D eigenvalue weighted by atomic mass is 16.5. The van der Waals surface area contributed by atoms with Gasteiger partial charge in [-0.3, -0.25) is 0 Å². The maximum absolute atomic E-state index is 11.8. The van der Waals surface area contributed by atoms with Crippen LogP contribution in [-0.4, -0.2) is 38.7 Å². The lowest BCUT2D eigenvalue weighted by atomic mass is 10.0. The number of rotatable bonds is 20. The van der Waals surface area contributed by atoms with Crippen LogP contribution in [0.5, 0.6) is 0 Å². The highest BCUT2D eigenvalue weighted by Gasteiger charge is 2.16. The van der Waals surface area contributed by atoms with Crippen LogP contribution < -0.4 is 0 Å². The van der Waals surface area contributed by atoms with Gasteiger partial charge in [0.05, 0.1) is 37.5 Å². The van der Waals surface area contributed by atoms with Crippen LogP contribution >= 0.6 is 0 Å². The lowest BCUT2D eigenvalue weighted by Crippen LogP contribution is -2.11. The van der Waals surface area contributed by atoms with Gasteiger partial charge in [0, 0.05) is 0 Å². The van der Waals surface area contributed by atoms with Crippen molar-refractivity contribution in [2.45, 2.75) is 110 Å². The topological polar surface area (TPSA) is 78.9 Å². The lowest BCUT2D eigenvalue weighted by molar-refractivity contribution is 0.0496. The van der Waals surface area contributed by atoms with Gasteiger partial charge < -0.3 is 14.2 Å². The summed E-state index contributed by atoms with van der Waals surface area (Å²) in [5, 5.41) is 0. The minimum absolute atomic E-state index is 0.198. The summed E-state index contributed by atoms with van der Waals surface area (Å²) in [5.41, 5.74) is 1.07. The van der Waals surface area contributed by atoms with Crippen molar-refractivity contribution >= 4 is 17.9 Å². The molecular weight excluding hydrogens is 516 g/mol. The largest absolute Gasteiger partial charge is 0.465 e. The van der Waals surface area contributed by atoms with Crippen molar-refractivity contribution in [3.05, 3.63) is 71.3 Å². The minimum Gasteiger partial charge on any atom is -0.465 e. The molecule has 0 saturated carbocycles. The number of ether oxygens (including phenoxy) is 3. The van der Waals surface area contributed by atoms with Crippen molar-refractivity contribution < 1.29 is 28.6 Å².